The molecular formula is C24H26N2O2. The maximum atomic E-state index is 12.8. The molecule has 4 heteroatoms. The van der Waals surface area contributed by atoms with Crippen LogP contribution in [0, 0.1) is 12.3 Å². The zero-order valence-electron chi connectivity index (χ0n) is 16.4. The molecule has 0 spiro atoms. The molecule has 1 aliphatic rings. The standard InChI is InChI=1S/C24H26N2O2/c1-17-10-11-20(26-14-24(2)15-28-16-24)12-22(17)23(27)25-13-19-8-5-7-18-6-3-4-9-21(18)19/h3-12,26H,13-16H2,1-2H3,(H,25,27). The molecule has 1 amide bonds. The maximum Gasteiger partial charge on any atom is 0.251 e. The van der Waals surface area contributed by atoms with E-state index in [2.05, 4.69) is 41.8 Å². The average Bonchev–Trinajstić information content (AvgIpc) is 2.70. The van der Waals surface area contributed by atoms with Crippen molar-refractivity contribution in [1.29, 1.82) is 0 Å². The summed E-state index contributed by atoms with van der Waals surface area (Å²) in [5.41, 5.74) is 3.95. The first-order chi connectivity index (χ1) is 13.5. The normalized spacial score (nSPS) is 15.1. The minimum Gasteiger partial charge on any atom is -0.384 e. The van der Waals surface area contributed by atoms with Crippen LogP contribution < -0.4 is 10.6 Å². The van der Waals surface area contributed by atoms with E-state index in [0.717, 1.165) is 36.6 Å². The smallest absolute Gasteiger partial charge is 0.251 e. The average molecular weight is 374 g/mol. The molecule has 3 aromatic carbocycles. The van der Waals surface area contributed by atoms with Crippen molar-refractivity contribution in [3.8, 4) is 0 Å². The topological polar surface area (TPSA) is 50.4 Å². The summed E-state index contributed by atoms with van der Waals surface area (Å²) in [4.78, 5) is 12.8. The Morgan fingerprint density at radius 1 is 1.07 bits per heavy atom. The van der Waals surface area contributed by atoms with Crippen LogP contribution >= 0.6 is 0 Å². The molecule has 0 unspecified atom stereocenters. The Bertz CT molecular complexity index is 1000. The molecule has 4 nitrogen and oxygen atoms in total. The first-order valence-corrected chi connectivity index (χ1v) is 9.71. The SMILES string of the molecule is Cc1ccc(NCC2(C)COC2)cc1C(=O)NCc1cccc2ccccc12. The van der Waals surface area contributed by atoms with Crippen molar-refractivity contribution in [3.05, 3.63) is 77.4 Å². The zero-order valence-corrected chi connectivity index (χ0v) is 16.4. The van der Waals surface area contributed by atoms with Gasteiger partial charge in [-0.25, -0.2) is 0 Å². The van der Waals surface area contributed by atoms with E-state index in [1.54, 1.807) is 0 Å². The summed E-state index contributed by atoms with van der Waals surface area (Å²) in [6.45, 7) is 7.08. The van der Waals surface area contributed by atoms with Crippen molar-refractivity contribution in [1.82, 2.24) is 5.32 Å². The van der Waals surface area contributed by atoms with E-state index < -0.39 is 0 Å². The first kappa shape index (κ1) is 18.5. The molecule has 0 aromatic heterocycles. The largest absolute Gasteiger partial charge is 0.384 e. The van der Waals surface area contributed by atoms with Crippen LogP contribution in [0.15, 0.2) is 60.7 Å². The minimum atomic E-state index is -0.0488. The Hall–Kier alpha value is -2.85. The predicted octanol–water partition coefficient (Wildman–Crippen LogP) is 4.53. The molecule has 1 fully saturated rings. The van der Waals surface area contributed by atoms with Crippen LogP contribution in [0.5, 0.6) is 0 Å². The van der Waals surface area contributed by atoms with Crippen LogP contribution in [0.25, 0.3) is 10.8 Å². The molecule has 28 heavy (non-hydrogen) atoms. The van der Waals surface area contributed by atoms with Crippen LogP contribution in [-0.4, -0.2) is 25.7 Å². The van der Waals surface area contributed by atoms with Crippen LogP contribution in [-0.2, 0) is 11.3 Å². The van der Waals surface area contributed by atoms with Gasteiger partial charge in [-0.1, -0.05) is 55.5 Å². The van der Waals surface area contributed by atoms with E-state index >= 15 is 0 Å². The van der Waals surface area contributed by atoms with Crippen molar-refractivity contribution >= 4 is 22.4 Å². The van der Waals surface area contributed by atoms with E-state index in [1.807, 2.05) is 43.3 Å². The monoisotopic (exact) mass is 374 g/mol. The predicted molar refractivity (Wildman–Crippen MR) is 114 cm³/mol. The van der Waals surface area contributed by atoms with Crippen molar-refractivity contribution in [2.75, 3.05) is 25.1 Å². The molecule has 3 aromatic rings. The van der Waals surface area contributed by atoms with Gasteiger partial charge in [0.2, 0.25) is 0 Å². The van der Waals surface area contributed by atoms with E-state index in [4.69, 9.17) is 4.74 Å². The Morgan fingerprint density at radius 3 is 2.64 bits per heavy atom. The van der Waals surface area contributed by atoms with Gasteiger partial charge in [0.15, 0.2) is 0 Å². The molecule has 4 rings (SSSR count). The van der Waals surface area contributed by atoms with Crippen molar-refractivity contribution in [3.63, 3.8) is 0 Å². The Labute approximate surface area is 165 Å². The summed E-state index contributed by atoms with van der Waals surface area (Å²) >= 11 is 0. The Morgan fingerprint density at radius 2 is 1.86 bits per heavy atom. The van der Waals surface area contributed by atoms with E-state index in [1.165, 1.54) is 10.8 Å². The van der Waals surface area contributed by atoms with E-state index in [-0.39, 0.29) is 11.3 Å². The summed E-state index contributed by atoms with van der Waals surface area (Å²) in [6.07, 6.45) is 0. The molecule has 1 heterocycles. The molecule has 0 bridgehead atoms. The highest BCUT2D eigenvalue weighted by Gasteiger charge is 2.32. The third-order valence-corrected chi connectivity index (χ3v) is 5.42. The molecule has 0 saturated carbocycles. The number of carbonyl (C=O) groups is 1. The van der Waals surface area contributed by atoms with Gasteiger partial charge in [0, 0.05) is 29.8 Å². The summed E-state index contributed by atoms with van der Waals surface area (Å²) in [5, 5.41) is 8.89. The molecule has 144 valence electrons. The second-order valence-electron chi connectivity index (χ2n) is 8.01. The molecule has 1 aliphatic heterocycles. The Kier molecular flexibility index (Phi) is 5.05. The quantitative estimate of drug-likeness (QED) is 0.667. The number of amides is 1. The minimum absolute atomic E-state index is 0.0488. The number of carbonyl (C=O) groups excluding carboxylic acids is 1. The molecule has 1 saturated heterocycles. The van der Waals surface area contributed by atoms with Gasteiger partial charge in [0.05, 0.1) is 13.2 Å². The molecular weight excluding hydrogens is 348 g/mol. The highest BCUT2D eigenvalue weighted by molar-refractivity contribution is 5.97. The van der Waals surface area contributed by atoms with Crippen molar-refractivity contribution < 1.29 is 9.53 Å². The fourth-order valence-electron chi connectivity index (χ4n) is 3.56. The fourth-order valence-corrected chi connectivity index (χ4v) is 3.56. The lowest BCUT2D eigenvalue weighted by atomic mass is 9.88. The van der Waals surface area contributed by atoms with Crippen LogP contribution in [0.4, 0.5) is 5.69 Å². The Balaban J connectivity index is 1.46. The van der Waals surface area contributed by atoms with Gasteiger partial charge in [0.1, 0.15) is 0 Å². The third kappa shape index (κ3) is 3.87. The van der Waals surface area contributed by atoms with Crippen LogP contribution in [0.1, 0.15) is 28.4 Å². The number of benzene rings is 3. The number of fused-ring (bicyclic) bond motifs is 1. The summed E-state index contributed by atoms with van der Waals surface area (Å²) in [7, 11) is 0. The maximum absolute atomic E-state index is 12.8. The summed E-state index contributed by atoms with van der Waals surface area (Å²) in [6, 6.07) is 20.4. The molecule has 2 N–H and O–H groups in total. The lowest BCUT2D eigenvalue weighted by Crippen LogP contribution is -2.45. The number of rotatable bonds is 6. The first-order valence-electron chi connectivity index (χ1n) is 9.71. The van der Waals surface area contributed by atoms with Gasteiger partial charge in [0.25, 0.3) is 5.91 Å². The van der Waals surface area contributed by atoms with E-state index in [9.17, 15) is 4.79 Å². The second-order valence-corrected chi connectivity index (χ2v) is 8.01. The molecule has 0 aliphatic carbocycles. The van der Waals surface area contributed by atoms with Crippen LogP contribution in [0.3, 0.4) is 0 Å². The van der Waals surface area contributed by atoms with E-state index in [0.29, 0.717) is 12.1 Å². The molecule has 0 atom stereocenters. The van der Waals surface area contributed by atoms with Gasteiger partial charge in [-0.3, -0.25) is 4.79 Å². The second kappa shape index (κ2) is 7.64. The molecule has 0 radical (unpaired) electrons. The zero-order chi connectivity index (χ0) is 19.6. The number of nitrogens with one attached hydrogen (secondary N) is 2. The summed E-state index contributed by atoms with van der Waals surface area (Å²) in [5.74, 6) is -0.0488. The lowest BCUT2D eigenvalue weighted by molar-refractivity contribution is -0.0924. The van der Waals surface area contributed by atoms with Crippen molar-refractivity contribution in [2.45, 2.75) is 20.4 Å². The van der Waals surface area contributed by atoms with Gasteiger partial charge < -0.3 is 15.4 Å². The number of hydrogen-bond donors (Lipinski definition) is 2. The third-order valence-electron chi connectivity index (χ3n) is 5.42. The number of ether oxygens (including phenoxy) is 1. The van der Waals surface area contributed by atoms with Gasteiger partial charge >= 0.3 is 0 Å². The van der Waals surface area contributed by atoms with Crippen LogP contribution in [0.2, 0.25) is 0 Å². The van der Waals surface area contributed by atoms with Gasteiger partial charge in [-0.2, -0.15) is 0 Å². The number of anilines is 1. The van der Waals surface area contributed by atoms with Gasteiger partial charge in [-0.05, 0) is 41.0 Å². The fraction of sp³-hybridized carbons (Fsp3) is 0.292. The van der Waals surface area contributed by atoms with Crippen molar-refractivity contribution in [2.24, 2.45) is 5.41 Å². The van der Waals surface area contributed by atoms with Gasteiger partial charge in [-0.15, -0.1) is 0 Å². The lowest BCUT2D eigenvalue weighted by Gasteiger charge is -2.38. The number of aryl methyl sites for hydroxylation is 1. The highest BCUT2D eigenvalue weighted by atomic mass is 16.5. The number of hydrogen-bond acceptors (Lipinski definition) is 3. The highest BCUT2D eigenvalue weighted by Crippen LogP contribution is 2.27. The summed E-state index contributed by atoms with van der Waals surface area (Å²) < 4.78 is 5.31.